The fraction of sp³-hybridized carbons (Fsp3) is 0.316. The highest BCUT2D eigenvalue weighted by Crippen LogP contribution is 2.31. The molecule has 0 saturated carbocycles. The maximum absolute atomic E-state index is 12.7. The Hall–Kier alpha value is -2.17. The third-order valence-corrected chi connectivity index (χ3v) is 7.85. The number of sulfonamides is 1. The predicted octanol–water partition coefficient (Wildman–Crippen LogP) is 3.23. The molecule has 0 fully saturated rings. The van der Waals surface area contributed by atoms with Crippen molar-refractivity contribution in [1.82, 2.24) is 14.8 Å². The second kappa shape index (κ2) is 7.92. The molecule has 0 amide bonds. The molecule has 7 nitrogen and oxygen atoms in total. The lowest BCUT2D eigenvalue weighted by Crippen LogP contribution is -2.34. The molecule has 152 valence electrons. The quantitative estimate of drug-likeness (QED) is 0.425. The van der Waals surface area contributed by atoms with Crippen molar-refractivity contribution in [1.29, 1.82) is 0 Å². The number of carbonyl (C=O) groups is 1. The van der Waals surface area contributed by atoms with E-state index in [4.69, 9.17) is 0 Å². The Balaban J connectivity index is 1.49. The van der Waals surface area contributed by atoms with Crippen LogP contribution in [0.1, 0.15) is 22.3 Å². The van der Waals surface area contributed by atoms with Crippen LogP contribution < -0.4 is 4.31 Å². The second-order valence-electron chi connectivity index (χ2n) is 6.84. The van der Waals surface area contributed by atoms with Crippen molar-refractivity contribution in [2.45, 2.75) is 18.0 Å². The van der Waals surface area contributed by atoms with Crippen LogP contribution in [0, 0.1) is 0 Å². The highest BCUT2D eigenvalue weighted by Gasteiger charge is 2.25. The lowest BCUT2D eigenvalue weighted by molar-refractivity contribution is 0.102. The SMILES string of the molecule is Cn1c(SCC(=O)c2ccc3c(c2)CCCN3S(C)(=O)=O)nnc1-c1cccs1. The third-order valence-electron chi connectivity index (χ3n) is 4.79. The van der Waals surface area contributed by atoms with E-state index in [1.165, 1.54) is 22.3 Å². The minimum atomic E-state index is -3.31. The molecule has 4 rings (SSSR count). The van der Waals surface area contributed by atoms with Crippen molar-refractivity contribution in [3.05, 3.63) is 46.8 Å². The summed E-state index contributed by atoms with van der Waals surface area (Å²) >= 11 is 2.94. The summed E-state index contributed by atoms with van der Waals surface area (Å²) in [5, 5.41) is 11.1. The zero-order chi connectivity index (χ0) is 20.6. The number of aromatic nitrogens is 3. The van der Waals surface area contributed by atoms with Crippen LogP contribution in [0.15, 0.2) is 40.9 Å². The van der Waals surface area contributed by atoms with Gasteiger partial charge in [-0.1, -0.05) is 17.8 Å². The van der Waals surface area contributed by atoms with Crippen molar-refractivity contribution >= 4 is 44.6 Å². The molecule has 0 spiro atoms. The minimum Gasteiger partial charge on any atom is -0.304 e. The van der Waals surface area contributed by atoms with Crippen molar-refractivity contribution in [2.24, 2.45) is 7.05 Å². The van der Waals surface area contributed by atoms with Crippen LogP contribution in [0.25, 0.3) is 10.7 Å². The van der Waals surface area contributed by atoms with Crippen molar-refractivity contribution < 1.29 is 13.2 Å². The van der Waals surface area contributed by atoms with Crippen molar-refractivity contribution in [3.63, 3.8) is 0 Å². The summed E-state index contributed by atoms with van der Waals surface area (Å²) in [6.45, 7) is 0.480. The van der Waals surface area contributed by atoms with Gasteiger partial charge in [-0.3, -0.25) is 9.10 Å². The summed E-state index contributed by atoms with van der Waals surface area (Å²) in [6, 6.07) is 9.22. The summed E-state index contributed by atoms with van der Waals surface area (Å²) in [6.07, 6.45) is 2.73. The Kier molecular flexibility index (Phi) is 5.50. The molecular weight excluding hydrogens is 428 g/mol. The van der Waals surface area contributed by atoms with Gasteiger partial charge in [0.05, 0.1) is 22.6 Å². The number of benzene rings is 1. The fourth-order valence-electron chi connectivity index (χ4n) is 3.35. The summed E-state index contributed by atoms with van der Waals surface area (Å²) in [5.41, 5.74) is 2.17. The zero-order valence-corrected chi connectivity index (χ0v) is 18.5. The molecular formula is C19H20N4O3S3. The van der Waals surface area contributed by atoms with Gasteiger partial charge in [-0.2, -0.15) is 0 Å². The first kappa shape index (κ1) is 20.1. The number of aryl methyl sites for hydroxylation is 1. The number of hydrogen-bond acceptors (Lipinski definition) is 7. The molecule has 29 heavy (non-hydrogen) atoms. The number of fused-ring (bicyclic) bond motifs is 1. The topological polar surface area (TPSA) is 85.2 Å². The van der Waals surface area contributed by atoms with Crippen LogP contribution in [0.3, 0.4) is 0 Å². The number of thioether (sulfide) groups is 1. The van der Waals surface area contributed by atoms with Crippen LogP contribution in [0.2, 0.25) is 0 Å². The molecule has 2 aromatic heterocycles. The van der Waals surface area contributed by atoms with Crippen LogP contribution >= 0.6 is 23.1 Å². The number of Topliss-reactive ketones (excluding diaryl/α,β-unsaturated/α-hetero) is 1. The summed E-state index contributed by atoms with van der Waals surface area (Å²) < 4.78 is 27.3. The third kappa shape index (κ3) is 4.10. The molecule has 3 heterocycles. The molecule has 0 N–H and O–H groups in total. The van der Waals surface area contributed by atoms with Gasteiger partial charge in [0.25, 0.3) is 0 Å². The maximum Gasteiger partial charge on any atom is 0.232 e. The number of nitrogens with zero attached hydrogens (tertiary/aromatic N) is 4. The van der Waals surface area contributed by atoms with Gasteiger partial charge >= 0.3 is 0 Å². The highest BCUT2D eigenvalue weighted by atomic mass is 32.2. The van der Waals surface area contributed by atoms with Gasteiger partial charge in [0.1, 0.15) is 0 Å². The highest BCUT2D eigenvalue weighted by molar-refractivity contribution is 7.99. The van der Waals surface area contributed by atoms with Gasteiger partial charge in [0, 0.05) is 19.2 Å². The molecule has 1 aliphatic rings. The first-order chi connectivity index (χ1) is 13.8. The van der Waals surface area contributed by atoms with E-state index in [1.807, 2.05) is 35.2 Å². The van der Waals surface area contributed by atoms with E-state index < -0.39 is 10.0 Å². The standard InChI is InChI=1S/C19H20N4O3S3/c1-22-18(17-6-4-10-27-17)20-21-19(22)28-12-16(24)14-7-8-15-13(11-14)5-3-9-23(15)29(2,25)26/h4,6-8,10-11H,3,5,9,12H2,1-2H3. The first-order valence-electron chi connectivity index (χ1n) is 9.04. The van der Waals surface area contributed by atoms with Crippen LogP contribution in [0.4, 0.5) is 5.69 Å². The number of thiophene rings is 1. The minimum absolute atomic E-state index is 0.0186. The molecule has 1 aliphatic heterocycles. The monoisotopic (exact) mass is 448 g/mol. The van der Waals surface area contributed by atoms with Crippen LogP contribution in [-0.4, -0.2) is 47.5 Å². The van der Waals surface area contributed by atoms with Gasteiger partial charge in [0.2, 0.25) is 10.0 Å². The van der Waals surface area contributed by atoms with E-state index in [1.54, 1.807) is 23.5 Å². The number of rotatable bonds is 6. The fourth-order valence-corrected chi connectivity index (χ4v) is 5.90. The Morgan fingerprint density at radius 3 is 2.83 bits per heavy atom. The second-order valence-corrected chi connectivity index (χ2v) is 10.6. The lowest BCUT2D eigenvalue weighted by Gasteiger charge is -2.29. The molecule has 0 bridgehead atoms. The average molecular weight is 449 g/mol. The lowest BCUT2D eigenvalue weighted by atomic mass is 9.99. The van der Waals surface area contributed by atoms with E-state index in [0.29, 0.717) is 23.0 Å². The molecule has 10 heteroatoms. The number of ketones is 1. The predicted molar refractivity (Wildman–Crippen MR) is 116 cm³/mol. The number of hydrogen-bond donors (Lipinski definition) is 0. The normalized spacial score (nSPS) is 14.1. The van der Waals surface area contributed by atoms with Crippen LogP contribution in [-0.2, 0) is 23.5 Å². The van der Waals surface area contributed by atoms with Gasteiger partial charge in [0.15, 0.2) is 16.8 Å². The Bertz CT molecular complexity index is 1150. The van der Waals surface area contributed by atoms with Gasteiger partial charge in [-0.15, -0.1) is 21.5 Å². The van der Waals surface area contributed by atoms with E-state index >= 15 is 0 Å². The maximum atomic E-state index is 12.7. The van der Waals surface area contributed by atoms with Gasteiger partial charge in [-0.25, -0.2) is 8.42 Å². The van der Waals surface area contributed by atoms with E-state index in [-0.39, 0.29) is 11.5 Å². The molecule has 1 aromatic carbocycles. The smallest absolute Gasteiger partial charge is 0.232 e. The summed E-state index contributed by atoms with van der Waals surface area (Å²) in [5.74, 6) is 1.00. The summed E-state index contributed by atoms with van der Waals surface area (Å²) in [4.78, 5) is 13.8. The first-order valence-corrected chi connectivity index (χ1v) is 12.8. The van der Waals surface area contributed by atoms with E-state index in [9.17, 15) is 13.2 Å². The zero-order valence-electron chi connectivity index (χ0n) is 16.0. The Morgan fingerprint density at radius 1 is 1.28 bits per heavy atom. The number of anilines is 1. The molecule has 0 saturated heterocycles. The van der Waals surface area contributed by atoms with Crippen molar-refractivity contribution in [2.75, 3.05) is 22.9 Å². The molecule has 0 radical (unpaired) electrons. The molecule has 3 aromatic rings. The number of carbonyl (C=O) groups excluding carboxylic acids is 1. The Labute approximate surface area is 177 Å². The van der Waals surface area contributed by atoms with Gasteiger partial charge < -0.3 is 4.57 Å². The molecule has 0 unspecified atom stereocenters. The Morgan fingerprint density at radius 2 is 2.10 bits per heavy atom. The van der Waals surface area contributed by atoms with E-state index in [0.717, 1.165) is 29.1 Å². The summed E-state index contributed by atoms with van der Waals surface area (Å²) in [7, 11) is -1.42. The molecule has 0 aliphatic carbocycles. The molecule has 0 atom stereocenters. The average Bonchev–Trinajstić information content (AvgIpc) is 3.34. The van der Waals surface area contributed by atoms with E-state index in [2.05, 4.69) is 10.2 Å². The van der Waals surface area contributed by atoms with Gasteiger partial charge in [-0.05, 0) is 48.1 Å². The largest absolute Gasteiger partial charge is 0.304 e. The van der Waals surface area contributed by atoms with Crippen molar-refractivity contribution in [3.8, 4) is 10.7 Å². The van der Waals surface area contributed by atoms with Crippen LogP contribution in [0.5, 0.6) is 0 Å².